The number of nitrogens with zero attached hydrogens (tertiary/aromatic N) is 2. The van der Waals surface area contributed by atoms with Crippen molar-refractivity contribution in [2.24, 2.45) is 0 Å². The van der Waals surface area contributed by atoms with Gasteiger partial charge in [-0.1, -0.05) is 12.8 Å². The average Bonchev–Trinajstić information content (AvgIpc) is 3.17. The van der Waals surface area contributed by atoms with E-state index in [9.17, 15) is 4.79 Å². The molecule has 0 bridgehead atoms. The predicted octanol–water partition coefficient (Wildman–Crippen LogP) is 3.39. The van der Waals surface area contributed by atoms with Crippen LogP contribution in [0.3, 0.4) is 0 Å². The molecule has 0 aromatic carbocycles. The van der Waals surface area contributed by atoms with E-state index in [0.717, 1.165) is 30.1 Å². The van der Waals surface area contributed by atoms with Gasteiger partial charge in [0.2, 0.25) is 0 Å². The largest absolute Gasteiger partial charge is 0.337 e. The summed E-state index contributed by atoms with van der Waals surface area (Å²) >= 11 is 1.63. The van der Waals surface area contributed by atoms with E-state index >= 15 is 0 Å². The summed E-state index contributed by atoms with van der Waals surface area (Å²) in [5.41, 5.74) is 0.916. The van der Waals surface area contributed by atoms with E-state index in [2.05, 4.69) is 10.3 Å². The molecular weight excluding hydrogens is 341 g/mol. The van der Waals surface area contributed by atoms with Crippen LogP contribution in [0.25, 0.3) is 0 Å². The molecule has 1 amide bonds. The van der Waals surface area contributed by atoms with Crippen LogP contribution in [-0.2, 0) is 0 Å². The zero-order chi connectivity index (χ0) is 14.1. The Morgan fingerprint density at radius 2 is 1.95 bits per heavy atom. The fourth-order valence-electron chi connectivity index (χ4n) is 3.26. The number of carbonyl (C=O) groups is 1. The maximum atomic E-state index is 12.6. The van der Waals surface area contributed by atoms with Crippen LogP contribution in [0, 0.1) is 6.92 Å². The van der Waals surface area contributed by atoms with E-state index in [1.165, 1.54) is 30.7 Å². The van der Waals surface area contributed by atoms with E-state index in [0.29, 0.717) is 12.0 Å². The van der Waals surface area contributed by atoms with Gasteiger partial charge in [0, 0.05) is 25.6 Å². The van der Waals surface area contributed by atoms with E-state index in [1.54, 1.807) is 11.3 Å². The number of thiazole rings is 1. The van der Waals surface area contributed by atoms with E-state index in [1.807, 2.05) is 18.9 Å². The van der Waals surface area contributed by atoms with Crippen LogP contribution in [0.15, 0.2) is 0 Å². The van der Waals surface area contributed by atoms with Crippen LogP contribution >= 0.6 is 36.2 Å². The first-order valence-electron chi connectivity index (χ1n) is 7.62. The molecule has 1 unspecified atom stereocenters. The third-order valence-electron chi connectivity index (χ3n) is 4.61. The zero-order valence-corrected chi connectivity index (χ0v) is 15.6. The van der Waals surface area contributed by atoms with Gasteiger partial charge < -0.3 is 10.2 Å². The van der Waals surface area contributed by atoms with Gasteiger partial charge in [-0.15, -0.1) is 36.2 Å². The minimum atomic E-state index is 0. The maximum absolute atomic E-state index is 12.6. The molecule has 0 radical (unpaired) electrons. The van der Waals surface area contributed by atoms with Gasteiger partial charge in [0.05, 0.1) is 10.7 Å². The Morgan fingerprint density at radius 1 is 1.27 bits per heavy atom. The number of nitrogens with one attached hydrogen (secondary N) is 1. The molecule has 2 fully saturated rings. The molecule has 1 aromatic heterocycles. The van der Waals surface area contributed by atoms with Gasteiger partial charge in [-0.05, 0) is 32.7 Å². The van der Waals surface area contributed by atoms with E-state index in [-0.39, 0.29) is 30.7 Å². The Hall–Kier alpha value is -0.360. The minimum Gasteiger partial charge on any atom is -0.337 e. The number of aryl methyl sites for hydroxylation is 1. The molecule has 4 nitrogen and oxygen atoms in total. The highest BCUT2D eigenvalue weighted by atomic mass is 35.5. The first-order chi connectivity index (χ1) is 9.66. The van der Waals surface area contributed by atoms with Crippen molar-refractivity contribution in [1.29, 1.82) is 0 Å². The smallest absolute Gasteiger partial charge is 0.265 e. The van der Waals surface area contributed by atoms with Crippen molar-refractivity contribution < 1.29 is 4.79 Å². The van der Waals surface area contributed by atoms with Crippen LogP contribution in [0.5, 0.6) is 0 Å². The van der Waals surface area contributed by atoms with Crippen molar-refractivity contribution >= 4 is 42.1 Å². The summed E-state index contributed by atoms with van der Waals surface area (Å²) in [5, 5.41) is 4.50. The maximum Gasteiger partial charge on any atom is 0.265 e. The number of hydrogen-bond acceptors (Lipinski definition) is 4. The number of carbonyl (C=O) groups excluding carboxylic acids is 1. The second-order valence-electron chi connectivity index (χ2n) is 6.01. The summed E-state index contributed by atoms with van der Waals surface area (Å²) < 4.78 is 0. The molecule has 1 aliphatic carbocycles. The minimum absolute atomic E-state index is 0. The van der Waals surface area contributed by atoms with Crippen LogP contribution in [0.4, 0.5) is 0 Å². The summed E-state index contributed by atoms with van der Waals surface area (Å²) in [6, 6.07) is 0.332. The van der Waals surface area contributed by atoms with Gasteiger partial charge in [-0.3, -0.25) is 4.79 Å². The molecule has 7 heteroatoms. The first-order valence-corrected chi connectivity index (χ1v) is 8.43. The van der Waals surface area contributed by atoms with Gasteiger partial charge in [-0.2, -0.15) is 0 Å². The molecule has 1 aromatic rings. The lowest BCUT2D eigenvalue weighted by Crippen LogP contribution is -2.38. The molecule has 2 heterocycles. The average molecular weight is 366 g/mol. The third kappa shape index (κ3) is 3.94. The zero-order valence-electron chi connectivity index (χ0n) is 13.1. The molecule has 1 N–H and O–H groups in total. The molecular formula is C15H25Cl2N3OS. The van der Waals surface area contributed by atoms with Crippen molar-refractivity contribution in [3.8, 4) is 0 Å². The Kier molecular flexibility index (Phi) is 7.59. The van der Waals surface area contributed by atoms with Gasteiger partial charge >= 0.3 is 0 Å². The van der Waals surface area contributed by atoms with Crippen LogP contribution < -0.4 is 5.32 Å². The van der Waals surface area contributed by atoms with Gasteiger partial charge in [0.1, 0.15) is 4.88 Å². The quantitative estimate of drug-likeness (QED) is 0.892. The van der Waals surface area contributed by atoms with Crippen LogP contribution in [0.2, 0.25) is 0 Å². The summed E-state index contributed by atoms with van der Waals surface area (Å²) in [5.74, 6) is 0.747. The number of halogens is 2. The molecule has 1 atom stereocenters. The van der Waals surface area contributed by atoms with Crippen LogP contribution in [0.1, 0.15) is 58.4 Å². The number of aromatic nitrogens is 1. The highest BCUT2D eigenvalue weighted by Gasteiger charge is 2.28. The fourth-order valence-corrected chi connectivity index (χ4v) is 4.48. The Morgan fingerprint density at radius 3 is 2.55 bits per heavy atom. The number of rotatable bonds is 3. The lowest BCUT2D eigenvalue weighted by atomic mass is 10.1. The molecule has 1 saturated heterocycles. The Balaban J connectivity index is 0.00000121. The predicted molar refractivity (Wildman–Crippen MR) is 95.9 cm³/mol. The van der Waals surface area contributed by atoms with E-state index < -0.39 is 0 Å². The summed E-state index contributed by atoms with van der Waals surface area (Å²) in [6.45, 7) is 3.90. The van der Waals surface area contributed by atoms with E-state index in [4.69, 9.17) is 0 Å². The molecule has 1 saturated carbocycles. The molecule has 1 aliphatic heterocycles. The molecule has 22 heavy (non-hydrogen) atoms. The van der Waals surface area contributed by atoms with Gasteiger partial charge in [0.25, 0.3) is 5.91 Å². The van der Waals surface area contributed by atoms with Crippen molar-refractivity contribution in [1.82, 2.24) is 15.2 Å². The molecule has 3 rings (SSSR count). The second kappa shape index (κ2) is 8.48. The highest BCUT2D eigenvalue weighted by Crippen LogP contribution is 2.37. The first kappa shape index (κ1) is 19.7. The standard InChI is InChI=1S/C15H23N3OS.2ClH/c1-10-13(15(19)18(2)12-7-8-16-9-12)20-14(17-10)11-5-3-4-6-11;;/h11-12,16H,3-9H2,1-2H3;2*1H. The lowest BCUT2D eigenvalue weighted by Gasteiger charge is -2.23. The highest BCUT2D eigenvalue weighted by molar-refractivity contribution is 7.13. The van der Waals surface area contributed by atoms with Crippen molar-refractivity contribution in [2.45, 2.75) is 51.0 Å². The summed E-state index contributed by atoms with van der Waals surface area (Å²) in [7, 11) is 1.93. The van der Waals surface area contributed by atoms with Gasteiger partial charge in [0.15, 0.2) is 0 Å². The topological polar surface area (TPSA) is 45.2 Å². The molecule has 0 spiro atoms. The van der Waals surface area contributed by atoms with Crippen molar-refractivity contribution in [2.75, 3.05) is 20.1 Å². The number of hydrogen-bond donors (Lipinski definition) is 1. The Labute approximate surface area is 148 Å². The third-order valence-corrected chi connectivity index (χ3v) is 5.92. The Bertz CT molecular complexity index is 497. The fraction of sp³-hybridized carbons (Fsp3) is 0.733. The molecule has 2 aliphatic rings. The SMILES string of the molecule is Cc1nc(C2CCCC2)sc1C(=O)N(C)C1CCNC1.Cl.Cl. The van der Waals surface area contributed by atoms with Crippen LogP contribution in [-0.4, -0.2) is 42.0 Å². The second-order valence-corrected chi connectivity index (χ2v) is 7.04. The lowest BCUT2D eigenvalue weighted by molar-refractivity contribution is 0.0747. The number of amides is 1. The van der Waals surface area contributed by atoms with Crippen molar-refractivity contribution in [3.63, 3.8) is 0 Å². The number of likely N-dealkylation sites (N-methyl/N-ethyl adjacent to an activating group) is 1. The van der Waals surface area contributed by atoms with Gasteiger partial charge in [-0.25, -0.2) is 4.98 Å². The normalized spacial score (nSPS) is 21.3. The van der Waals surface area contributed by atoms with Crippen molar-refractivity contribution in [3.05, 3.63) is 15.6 Å². The molecule has 126 valence electrons. The summed E-state index contributed by atoms with van der Waals surface area (Å²) in [4.78, 5) is 20.1. The summed E-state index contributed by atoms with van der Waals surface area (Å²) in [6.07, 6.45) is 6.14. The monoisotopic (exact) mass is 365 g/mol.